The van der Waals surface area contributed by atoms with Gasteiger partial charge in [-0.2, -0.15) is 0 Å². The molecular formula is C21H16FNO2. The zero-order valence-electron chi connectivity index (χ0n) is 13.7. The minimum Gasteiger partial charge on any atom is -0.464 e. The molecule has 0 saturated carbocycles. The van der Waals surface area contributed by atoms with Crippen LogP contribution in [0.15, 0.2) is 67.2 Å². The summed E-state index contributed by atoms with van der Waals surface area (Å²) in [5.74, 6) is -0.756. The summed E-state index contributed by atoms with van der Waals surface area (Å²) in [6.45, 7) is 3.74. The van der Waals surface area contributed by atoms with Gasteiger partial charge in [0.25, 0.3) is 0 Å². The van der Waals surface area contributed by atoms with Crippen LogP contribution in [-0.2, 0) is 4.74 Å². The molecule has 3 rings (SSSR count). The van der Waals surface area contributed by atoms with Crippen LogP contribution < -0.4 is 0 Å². The summed E-state index contributed by atoms with van der Waals surface area (Å²) in [4.78, 5) is 16.1. The van der Waals surface area contributed by atoms with E-state index in [1.807, 2.05) is 30.3 Å². The molecule has 1 aromatic heterocycles. The minimum absolute atomic E-state index is 0.234. The first-order chi connectivity index (χ1) is 12.1. The summed E-state index contributed by atoms with van der Waals surface area (Å²) in [5.41, 5.74) is 4.43. The van der Waals surface area contributed by atoms with Crippen molar-refractivity contribution in [3.63, 3.8) is 0 Å². The Labute approximate surface area is 145 Å². The number of hydrogen-bond donors (Lipinski definition) is 0. The lowest BCUT2D eigenvalue weighted by molar-refractivity contribution is 0.0594. The molecule has 0 aliphatic rings. The third kappa shape index (κ3) is 3.63. The van der Waals surface area contributed by atoms with Gasteiger partial charge in [-0.05, 0) is 41.0 Å². The molecule has 0 spiro atoms. The molecule has 0 aliphatic carbocycles. The van der Waals surface area contributed by atoms with Gasteiger partial charge in [-0.25, -0.2) is 14.2 Å². The first-order valence-electron chi connectivity index (χ1n) is 7.70. The SMILES string of the molecule is C=Cc1cc(C(=O)OC)nc(-c2ccc(-c3ccc(F)cc3)cc2)c1. The molecule has 1 heterocycles. The number of methoxy groups -OCH3 is 1. The van der Waals surface area contributed by atoms with Crippen molar-refractivity contribution in [1.82, 2.24) is 4.98 Å². The van der Waals surface area contributed by atoms with Crippen molar-refractivity contribution in [1.29, 1.82) is 0 Å². The van der Waals surface area contributed by atoms with Crippen LogP contribution in [-0.4, -0.2) is 18.1 Å². The molecule has 0 atom stereocenters. The van der Waals surface area contributed by atoms with Gasteiger partial charge in [0.15, 0.2) is 0 Å². The average Bonchev–Trinajstić information content (AvgIpc) is 2.67. The lowest BCUT2D eigenvalue weighted by Gasteiger charge is -2.08. The van der Waals surface area contributed by atoms with Crippen molar-refractivity contribution in [2.75, 3.05) is 7.11 Å². The number of nitrogens with zero attached hydrogens (tertiary/aromatic N) is 1. The lowest BCUT2D eigenvalue weighted by Crippen LogP contribution is -2.05. The Bertz CT molecular complexity index is 916. The molecule has 3 nitrogen and oxygen atoms in total. The highest BCUT2D eigenvalue weighted by Crippen LogP contribution is 2.25. The van der Waals surface area contributed by atoms with Crippen molar-refractivity contribution in [2.24, 2.45) is 0 Å². The second-order valence-electron chi connectivity index (χ2n) is 5.45. The van der Waals surface area contributed by atoms with E-state index in [2.05, 4.69) is 11.6 Å². The molecule has 0 N–H and O–H groups in total. The summed E-state index contributed by atoms with van der Waals surface area (Å²) in [6.07, 6.45) is 1.66. The molecular weight excluding hydrogens is 317 g/mol. The average molecular weight is 333 g/mol. The van der Waals surface area contributed by atoms with Crippen LogP contribution in [0.5, 0.6) is 0 Å². The molecule has 4 heteroatoms. The van der Waals surface area contributed by atoms with Gasteiger partial charge >= 0.3 is 5.97 Å². The smallest absolute Gasteiger partial charge is 0.356 e. The van der Waals surface area contributed by atoms with Crippen LogP contribution in [0.2, 0.25) is 0 Å². The van der Waals surface area contributed by atoms with E-state index in [-0.39, 0.29) is 11.5 Å². The number of carbonyl (C=O) groups excluding carboxylic acids is 1. The van der Waals surface area contributed by atoms with Crippen LogP contribution in [0.1, 0.15) is 16.1 Å². The van der Waals surface area contributed by atoms with Crippen molar-refractivity contribution < 1.29 is 13.9 Å². The van der Waals surface area contributed by atoms with Crippen molar-refractivity contribution >= 4 is 12.0 Å². The third-order valence-electron chi connectivity index (χ3n) is 3.84. The zero-order valence-corrected chi connectivity index (χ0v) is 13.7. The van der Waals surface area contributed by atoms with Crippen LogP contribution in [0.4, 0.5) is 4.39 Å². The fraction of sp³-hybridized carbons (Fsp3) is 0.0476. The third-order valence-corrected chi connectivity index (χ3v) is 3.84. The number of halogens is 1. The molecule has 0 fully saturated rings. The number of benzene rings is 2. The molecule has 2 aromatic carbocycles. The van der Waals surface area contributed by atoms with E-state index in [1.54, 1.807) is 24.3 Å². The van der Waals surface area contributed by atoms with E-state index in [1.165, 1.54) is 19.2 Å². The molecule has 0 saturated heterocycles. The number of rotatable bonds is 4. The van der Waals surface area contributed by atoms with Gasteiger partial charge in [-0.3, -0.25) is 0 Å². The number of esters is 1. The second-order valence-corrected chi connectivity index (χ2v) is 5.45. The predicted molar refractivity (Wildman–Crippen MR) is 96.5 cm³/mol. The Morgan fingerprint density at radius 1 is 1.00 bits per heavy atom. The van der Waals surface area contributed by atoms with E-state index >= 15 is 0 Å². The summed E-state index contributed by atoms with van der Waals surface area (Å²) < 4.78 is 17.8. The second kappa shape index (κ2) is 7.09. The molecule has 0 amide bonds. The fourth-order valence-corrected chi connectivity index (χ4v) is 2.50. The van der Waals surface area contributed by atoms with Gasteiger partial charge in [-0.15, -0.1) is 0 Å². The fourth-order valence-electron chi connectivity index (χ4n) is 2.50. The van der Waals surface area contributed by atoms with Crippen LogP contribution in [0, 0.1) is 5.82 Å². The Hall–Kier alpha value is -3.27. The Kier molecular flexibility index (Phi) is 4.70. The standard InChI is InChI=1S/C21H16FNO2/c1-3-14-12-19(23-20(13-14)21(24)25-2)17-6-4-15(5-7-17)16-8-10-18(22)11-9-16/h3-13H,1H2,2H3. The number of pyridine rings is 1. The van der Waals surface area contributed by atoms with E-state index in [9.17, 15) is 9.18 Å². The van der Waals surface area contributed by atoms with Gasteiger partial charge in [0.1, 0.15) is 11.5 Å². The predicted octanol–water partition coefficient (Wildman–Crippen LogP) is 4.98. The van der Waals surface area contributed by atoms with Crippen LogP contribution in [0.3, 0.4) is 0 Å². The molecule has 0 bridgehead atoms. The summed E-state index contributed by atoms with van der Waals surface area (Å²) in [5, 5.41) is 0. The van der Waals surface area contributed by atoms with Crippen molar-refractivity contribution in [3.05, 3.63) is 84.3 Å². The van der Waals surface area contributed by atoms with E-state index in [0.717, 1.165) is 22.3 Å². The Balaban J connectivity index is 1.98. The van der Waals surface area contributed by atoms with Crippen molar-refractivity contribution in [2.45, 2.75) is 0 Å². The summed E-state index contributed by atoms with van der Waals surface area (Å²) in [6, 6.07) is 17.5. The maximum Gasteiger partial charge on any atom is 0.356 e. The van der Waals surface area contributed by atoms with Crippen LogP contribution >= 0.6 is 0 Å². The molecule has 25 heavy (non-hydrogen) atoms. The van der Waals surface area contributed by atoms with Gasteiger partial charge in [0, 0.05) is 5.56 Å². The maximum atomic E-state index is 13.0. The number of carbonyl (C=O) groups is 1. The maximum absolute atomic E-state index is 13.0. The van der Waals surface area contributed by atoms with E-state index in [0.29, 0.717) is 5.69 Å². The van der Waals surface area contributed by atoms with E-state index < -0.39 is 5.97 Å². The topological polar surface area (TPSA) is 39.2 Å². The minimum atomic E-state index is -0.493. The highest BCUT2D eigenvalue weighted by atomic mass is 19.1. The normalized spacial score (nSPS) is 10.3. The first kappa shape index (κ1) is 16.6. The van der Waals surface area contributed by atoms with Gasteiger partial charge in [0.2, 0.25) is 0 Å². The quantitative estimate of drug-likeness (QED) is 0.632. The Morgan fingerprint density at radius 3 is 2.12 bits per heavy atom. The highest BCUT2D eigenvalue weighted by molar-refractivity contribution is 5.89. The molecule has 3 aromatic rings. The van der Waals surface area contributed by atoms with Crippen LogP contribution in [0.25, 0.3) is 28.5 Å². The molecule has 0 aliphatic heterocycles. The number of ether oxygens (including phenoxy) is 1. The first-order valence-corrected chi connectivity index (χ1v) is 7.70. The highest BCUT2D eigenvalue weighted by Gasteiger charge is 2.11. The van der Waals surface area contributed by atoms with Gasteiger partial charge in [-0.1, -0.05) is 49.1 Å². The summed E-state index contributed by atoms with van der Waals surface area (Å²) in [7, 11) is 1.32. The van der Waals surface area contributed by atoms with Gasteiger partial charge in [0.05, 0.1) is 12.8 Å². The largest absolute Gasteiger partial charge is 0.464 e. The van der Waals surface area contributed by atoms with Crippen molar-refractivity contribution in [3.8, 4) is 22.4 Å². The lowest BCUT2D eigenvalue weighted by atomic mass is 10.0. The molecule has 0 unspecified atom stereocenters. The Morgan fingerprint density at radius 2 is 1.56 bits per heavy atom. The van der Waals surface area contributed by atoms with E-state index in [4.69, 9.17) is 4.74 Å². The monoisotopic (exact) mass is 333 g/mol. The number of aromatic nitrogens is 1. The summed E-state index contributed by atoms with van der Waals surface area (Å²) >= 11 is 0. The number of hydrogen-bond acceptors (Lipinski definition) is 3. The van der Waals surface area contributed by atoms with Gasteiger partial charge < -0.3 is 4.74 Å². The molecule has 124 valence electrons. The zero-order chi connectivity index (χ0) is 17.8. The molecule has 0 radical (unpaired) electrons.